The van der Waals surface area contributed by atoms with E-state index in [2.05, 4.69) is 5.32 Å². The van der Waals surface area contributed by atoms with Crippen LogP contribution in [-0.2, 0) is 32.6 Å². The summed E-state index contributed by atoms with van der Waals surface area (Å²) in [4.78, 5) is 29.0. The number of carbonyl (C=O) groups is 2. The molecule has 1 N–H and O–H groups in total. The fraction of sp³-hybridized carbons (Fsp3) is 0.375. The van der Waals surface area contributed by atoms with E-state index < -0.39 is 16.1 Å². The molecule has 0 saturated heterocycles. The Kier molecular flexibility index (Phi) is 12.2. The minimum Gasteiger partial charge on any atom is -0.495 e. The first-order valence-electron chi connectivity index (χ1n) is 14.0. The number of anilines is 1. The normalized spacial score (nSPS) is 11.9. The van der Waals surface area contributed by atoms with Crippen molar-refractivity contribution in [2.45, 2.75) is 52.1 Å². The molecule has 3 aromatic carbocycles. The Hall–Kier alpha value is -3.56. The molecule has 0 unspecified atom stereocenters. The summed E-state index contributed by atoms with van der Waals surface area (Å²) in [6, 6.07) is 21.5. The lowest BCUT2D eigenvalue weighted by atomic mass is 10.0. The number of nitrogens with zero attached hydrogens (tertiary/aromatic N) is 2. The van der Waals surface area contributed by atoms with Crippen LogP contribution in [0.25, 0.3) is 0 Å². The molecule has 0 fully saturated rings. The Balaban J connectivity index is 1.87. The molecule has 0 aliphatic heterocycles. The summed E-state index contributed by atoms with van der Waals surface area (Å²) in [7, 11) is -2.18. The molecule has 0 spiro atoms. The van der Waals surface area contributed by atoms with E-state index >= 15 is 0 Å². The van der Waals surface area contributed by atoms with Crippen LogP contribution in [0.5, 0.6) is 5.75 Å². The van der Waals surface area contributed by atoms with E-state index in [4.69, 9.17) is 16.3 Å². The Morgan fingerprint density at radius 3 is 2.29 bits per heavy atom. The van der Waals surface area contributed by atoms with E-state index in [1.165, 1.54) is 17.5 Å². The summed E-state index contributed by atoms with van der Waals surface area (Å²) in [6.07, 6.45) is 2.54. The van der Waals surface area contributed by atoms with E-state index in [1.54, 1.807) is 17.0 Å². The van der Waals surface area contributed by atoms with Gasteiger partial charge >= 0.3 is 0 Å². The second kappa shape index (κ2) is 15.6. The zero-order valence-electron chi connectivity index (χ0n) is 24.7. The van der Waals surface area contributed by atoms with Crippen molar-refractivity contribution in [1.82, 2.24) is 10.2 Å². The number of carbonyl (C=O) groups excluding carboxylic acids is 2. The van der Waals surface area contributed by atoms with Crippen LogP contribution in [0.3, 0.4) is 0 Å². The molecule has 0 saturated carbocycles. The highest BCUT2D eigenvalue weighted by atomic mass is 35.5. The molecule has 3 rings (SSSR count). The summed E-state index contributed by atoms with van der Waals surface area (Å²) in [6.45, 7) is 4.79. The van der Waals surface area contributed by atoms with Crippen LogP contribution in [-0.4, -0.2) is 57.6 Å². The maximum Gasteiger partial charge on any atom is 0.243 e. The van der Waals surface area contributed by atoms with Gasteiger partial charge in [-0.3, -0.25) is 13.9 Å². The van der Waals surface area contributed by atoms with Crippen LogP contribution < -0.4 is 14.4 Å². The van der Waals surface area contributed by atoms with Crippen LogP contribution in [0, 0.1) is 6.92 Å². The molecule has 226 valence electrons. The molecule has 10 heteroatoms. The number of amides is 2. The average Bonchev–Trinajstić information content (AvgIpc) is 2.96. The average molecular weight is 614 g/mol. The highest BCUT2D eigenvalue weighted by Gasteiger charge is 2.30. The van der Waals surface area contributed by atoms with Crippen LogP contribution in [0.15, 0.2) is 72.8 Å². The molecular weight excluding hydrogens is 574 g/mol. The molecular formula is C32H40ClN3O5S. The van der Waals surface area contributed by atoms with Crippen molar-refractivity contribution in [3.8, 4) is 5.75 Å². The monoisotopic (exact) mass is 613 g/mol. The van der Waals surface area contributed by atoms with E-state index in [1.807, 2.05) is 68.4 Å². The predicted molar refractivity (Wildman–Crippen MR) is 168 cm³/mol. The van der Waals surface area contributed by atoms with Gasteiger partial charge in [-0.15, -0.1) is 0 Å². The minimum absolute atomic E-state index is 0.0497. The van der Waals surface area contributed by atoms with Gasteiger partial charge in [0.25, 0.3) is 0 Å². The third-order valence-corrected chi connectivity index (χ3v) is 8.36. The summed E-state index contributed by atoms with van der Waals surface area (Å²) < 4.78 is 31.8. The third-order valence-electron chi connectivity index (χ3n) is 6.87. The van der Waals surface area contributed by atoms with Gasteiger partial charge in [0.05, 0.1) is 24.1 Å². The number of benzene rings is 3. The summed E-state index contributed by atoms with van der Waals surface area (Å²) in [5.74, 6) is -0.0160. The second-order valence-corrected chi connectivity index (χ2v) is 12.6. The standard InChI is InChI=1S/C32H40ClN3O5S/c1-5-19-34-32(38)29(21-25-10-7-6-8-11-25)35(23-26-15-13-24(2)14-16-26)31(37)12-9-20-36(42(4,39)40)27-17-18-30(41-3)28(33)22-27/h6-8,10-11,13-18,22,29H,5,9,12,19-21,23H2,1-4H3,(H,34,38)/t29-/m0/s1. The van der Waals surface area contributed by atoms with Gasteiger partial charge in [0.2, 0.25) is 21.8 Å². The molecule has 42 heavy (non-hydrogen) atoms. The molecule has 0 radical (unpaired) electrons. The molecule has 0 heterocycles. The van der Waals surface area contributed by atoms with Crippen molar-refractivity contribution >= 4 is 39.1 Å². The largest absolute Gasteiger partial charge is 0.495 e. The van der Waals surface area contributed by atoms with Crippen LogP contribution in [0.4, 0.5) is 5.69 Å². The molecule has 2 amide bonds. The summed E-state index contributed by atoms with van der Waals surface area (Å²) >= 11 is 6.26. The topological polar surface area (TPSA) is 96.0 Å². The van der Waals surface area contributed by atoms with Crippen molar-refractivity contribution in [1.29, 1.82) is 0 Å². The van der Waals surface area contributed by atoms with Gasteiger partial charge in [0.15, 0.2) is 0 Å². The third kappa shape index (κ3) is 9.49. The number of sulfonamides is 1. The van der Waals surface area contributed by atoms with Crippen molar-refractivity contribution in [3.05, 3.63) is 94.5 Å². The quantitative estimate of drug-likeness (QED) is 0.249. The van der Waals surface area contributed by atoms with E-state index in [9.17, 15) is 18.0 Å². The summed E-state index contributed by atoms with van der Waals surface area (Å²) in [5.41, 5.74) is 3.32. The van der Waals surface area contributed by atoms with Crippen molar-refractivity contribution in [3.63, 3.8) is 0 Å². The van der Waals surface area contributed by atoms with Gasteiger partial charge in [-0.1, -0.05) is 78.7 Å². The highest BCUT2D eigenvalue weighted by Crippen LogP contribution is 2.30. The Bertz CT molecular complexity index is 1430. The number of hydrogen-bond acceptors (Lipinski definition) is 5. The Morgan fingerprint density at radius 1 is 1.00 bits per heavy atom. The van der Waals surface area contributed by atoms with Crippen LogP contribution in [0.1, 0.15) is 42.9 Å². The number of methoxy groups -OCH3 is 1. The zero-order chi connectivity index (χ0) is 30.7. The van der Waals surface area contributed by atoms with Gasteiger partial charge in [-0.25, -0.2) is 8.42 Å². The van der Waals surface area contributed by atoms with Crippen LogP contribution >= 0.6 is 11.6 Å². The molecule has 0 aliphatic carbocycles. The van der Waals surface area contributed by atoms with Gasteiger partial charge < -0.3 is 15.0 Å². The Labute approximate surface area is 254 Å². The van der Waals surface area contributed by atoms with Crippen LogP contribution in [0.2, 0.25) is 5.02 Å². The lowest BCUT2D eigenvalue weighted by Gasteiger charge is -2.32. The fourth-order valence-electron chi connectivity index (χ4n) is 4.62. The number of ether oxygens (including phenoxy) is 1. The Morgan fingerprint density at radius 2 is 1.69 bits per heavy atom. The molecule has 0 aromatic heterocycles. The molecule has 0 bridgehead atoms. The predicted octanol–water partition coefficient (Wildman–Crippen LogP) is 5.37. The molecule has 8 nitrogen and oxygen atoms in total. The molecule has 1 atom stereocenters. The second-order valence-electron chi connectivity index (χ2n) is 10.3. The number of rotatable bonds is 15. The van der Waals surface area contributed by atoms with E-state index in [-0.39, 0.29) is 42.8 Å². The number of hydrogen-bond donors (Lipinski definition) is 1. The number of halogens is 1. The van der Waals surface area contributed by atoms with Crippen molar-refractivity contribution in [2.75, 3.05) is 30.8 Å². The lowest BCUT2D eigenvalue weighted by Crippen LogP contribution is -2.50. The minimum atomic E-state index is -3.66. The van der Waals surface area contributed by atoms with Gasteiger partial charge in [-0.2, -0.15) is 0 Å². The van der Waals surface area contributed by atoms with Gasteiger partial charge in [0, 0.05) is 32.5 Å². The fourth-order valence-corrected chi connectivity index (χ4v) is 5.83. The summed E-state index contributed by atoms with van der Waals surface area (Å²) in [5, 5.41) is 3.25. The number of nitrogens with one attached hydrogen (secondary N) is 1. The maximum atomic E-state index is 13.9. The first kappa shape index (κ1) is 32.9. The van der Waals surface area contributed by atoms with Crippen molar-refractivity contribution in [2.24, 2.45) is 0 Å². The van der Waals surface area contributed by atoms with Gasteiger partial charge in [-0.05, 0) is 49.1 Å². The molecule has 3 aromatic rings. The zero-order valence-corrected chi connectivity index (χ0v) is 26.2. The smallest absolute Gasteiger partial charge is 0.243 e. The van der Waals surface area contributed by atoms with E-state index in [0.29, 0.717) is 24.4 Å². The lowest BCUT2D eigenvalue weighted by molar-refractivity contribution is -0.141. The molecule has 0 aliphatic rings. The SMILES string of the molecule is CCCNC(=O)[C@H](Cc1ccccc1)N(Cc1ccc(C)cc1)C(=O)CCCN(c1ccc(OC)c(Cl)c1)S(C)(=O)=O. The van der Waals surface area contributed by atoms with E-state index in [0.717, 1.165) is 29.4 Å². The van der Waals surface area contributed by atoms with Crippen molar-refractivity contribution < 1.29 is 22.7 Å². The highest BCUT2D eigenvalue weighted by molar-refractivity contribution is 7.92. The first-order valence-corrected chi connectivity index (χ1v) is 16.2. The first-order chi connectivity index (χ1) is 20.0. The maximum absolute atomic E-state index is 13.9. The number of aryl methyl sites for hydroxylation is 1. The van der Waals surface area contributed by atoms with Gasteiger partial charge in [0.1, 0.15) is 11.8 Å².